The molecule has 3 rings (SSSR count). The minimum Gasteiger partial charge on any atom is -0.497 e. The standard InChI is InChI=1S/C18H18ClN3O2/c1-22(11-13-4-3-5-16(10-13)23-2)12-17-20-18(21-24-17)14-6-8-15(19)9-7-14/h3-10H,11-12H2,1-2H3/p+1. The summed E-state index contributed by atoms with van der Waals surface area (Å²) in [6.07, 6.45) is 0. The van der Waals surface area contributed by atoms with Crippen molar-refractivity contribution in [2.75, 3.05) is 14.2 Å². The lowest BCUT2D eigenvalue weighted by molar-refractivity contribution is -0.909. The number of benzene rings is 2. The van der Waals surface area contributed by atoms with Crippen LogP contribution in [0.4, 0.5) is 0 Å². The lowest BCUT2D eigenvalue weighted by Crippen LogP contribution is -3.06. The third kappa shape index (κ3) is 4.13. The van der Waals surface area contributed by atoms with E-state index in [1.807, 2.05) is 42.5 Å². The van der Waals surface area contributed by atoms with Crippen molar-refractivity contribution in [2.24, 2.45) is 0 Å². The summed E-state index contributed by atoms with van der Waals surface area (Å²) >= 11 is 5.90. The van der Waals surface area contributed by atoms with Crippen molar-refractivity contribution in [2.45, 2.75) is 13.1 Å². The molecule has 0 saturated carbocycles. The minimum absolute atomic E-state index is 0.579. The summed E-state index contributed by atoms with van der Waals surface area (Å²) in [5, 5.41) is 4.73. The summed E-state index contributed by atoms with van der Waals surface area (Å²) in [5.41, 5.74) is 2.09. The predicted molar refractivity (Wildman–Crippen MR) is 92.0 cm³/mol. The van der Waals surface area contributed by atoms with E-state index in [4.69, 9.17) is 20.9 Å². The first-order chi connectivity index (χ1) is 11.6. The average molecular weight is 345 g/mol. The van der Waals surface area contributed by atoms with Gasteiger partial charge in [-0.1, -0.05) is 28.9 Å². The van der Waals surface area contributed by atoms with Gasteiger partial charge >= 0.3 is 0 Å². The van der Waals surface area contributed by atoms with Crippen LogP contribution in [0.15, 0.2) is 53.1 Å². The molecule has 0 radical (unpaired) electrons. The monoisotopic (exact) mass is 344 g/mol. The molecule has 1 aromatic heterocycles. The Labute approximate surface area is 145 Å². The number of rotatable bonds is 6. The molecule has 24 heavy (non-hydrogen) atoms. The van der Waals surface area contributed by atoms with Gasteiger partial charge in [0.1, 0.15) is 12.3 Å². The van der Waals surface area contributed by atoms with Gasteiger partial charge < -0.3 is 14.2 Å². The van der Waals surface area contributed by atoms with E-state index in [-0.39, 0.29) is 0 Å². The van der Waals surface area contributed by atoms with E-state index in [1.165, 1.54) is 10.5 Å². The molecule has 0 fully saturated rings. The van der Waals surface area contributed by atoms with E-state index >= 15 is 0 Å². The van der Waals surface area contributed by atoms with Gasteiger partial charge in [0.15, 0.2) is 6.54 Å². The summed E-state index contributed by atoms with van der Waals surface area (Å²) in [6, 6.07) is 15.4. The number of nitrogens with zero attached hydrogens (tertiary/aromatic N) is 2. The van der Waals surface area contributed by atoms with Crippen LogP contribution in [-0.4, -0.2) is 24.3 Å². The number of hydrogen-bond acceptors (Lipinski definition) is 4. The molecule has 0 aliphatic rings. The van der Waals surface area contributed by atoms with Crippen LogP contribution in [0.5, 0.6) is 5.75 Å². The first-order valence-electron chi connectivity index (χ1n) is 7.67. The molecule has 1 atom stereocenters. The number of halogens is 1. The van der Waals surface area contributed by atoms with Gasteiger partial charge in [0.2, 0.25) is 5.82 Å². The van der Waals surface area contributed by atoms with Crippen LogP contribution >= 0.6 is 11.6 Å². The number of hydrogen-bond donors (Lipinski definition) is 1. The maximum absolute atomic E-state index is 5.90. The number of methoxy groups -OCH3 is 1. The first-order valence-corrected chi connectivity index (χ1v) is 8.04. The zero-order valence-electron chi connectivity index (χ0n) is 13.6. The van der Waals surface area contributed by atoms with E-state index < -0.39 is 0 Å². The van der Waals surface area contributed by atoms with Gasteiger partial charge in [0.05, 0.1) is 14.2 Å². The molecule has 6 heteroatoms. The molecule has 0 aliphatic carbocycles. The first kappa shape index (κ1) is 16.5. The third-order valence-corrected chi connectivity index (χ3v) is 3.92. The smallest absolute Gasteiger partial charge is 0.282 e. The Balaban J connectivity index is 1.64. The lowest BCUT2D eigenvalue weighted by Gasteiger charge is -2.12. The third-order valence-electron chi connectivity index (χ3n) is 3.66. The highest BCUT2D eigenvalue weighted by atomic mass is 35.5. The van der Waals surface area contributed by atoms with E-state index in [0.717, 1.165) is 17.9 Å². The molecule has 3 aromatic rings. The lowest BCUT2D eigenvalue weighted by atomic mass is 10.2. The molecule has 2 aromatic carbocycles. The molecule has 0 spiro atoms. The molecule has 0 bridgehead atoms. The van der Waals surface area contributed by atoms with Crippen LogP contribution in [0.1, 0.15) is 11.5 Å². The second kappa shape index (κ2) is 7.47. The second-order valence-electron chi connectivity index (χ2n) is 5.68. The van der Waals surface area contributed by atoms with Gasteiger partial charge in [-0.25, -0.2) is 0 Å². The fourth-order valence-corrected chi connectivity index (χ4v) is 2.62. The van der Waals surface area contributed by atoms with Crippen molar-refractivity contribution < 1.29 is 14.2 Å². The number of nitrogens with one attached hydrogen (secondary N) is 1. The molecule has 0 amide bonds. The van der Waals surface area contributed by atoms with Crippen molar-refractivity contribution in [3.05, 3.63) is 65.0 Å². The molecule has 0 aliphatic heterocycles. The summed E-state index contributed by atoms with van der Waals surface area (Å²) < 4.78 is 10.6. The van der Waals surface area contributed by atoms with Crippen LogP contribution in [0, 0.1) is 0 Å². The average Bonchev–Trinajstić information content (AvgIpc) is 3.04. The fourth-order valence-electron chi connectivity index (χ4n) is 2.49. The van der Waals surface area contributed by atoms with E-state index in [1.54, 1.807) is 7.11 Å². The summed E-state index contributed by atoms with van der Waals surface area (Å²) in [6.45, 7) is 1.49. The Kier molecular flexibility index (Phi) is 5.13. The van der Waals surface area contributed by atoms with Gasteiger partial charge in [0, 0.05) is 16.1 Å². The van der Waals surface area contributed by atoms with Crippen molar-refractivity contribution in [1.82, 2.24) is 10.1 Å². The Hall–Kier alpha value is -2.37. The van der Waals surface area contributed by atoms with Crippen molar-refractivity contribution in [3.8, 4) is 17.1 Å². The largest absolute Gasteiger partial charge is 0.497 e. The molecule has 1 N–H and O–H groups in total. The van der Waals surface area contributed by atoms with Crippen molar-refractivity contribution >= 4 is 11.6 Å². The van der Waals surface area contributed by atoms with Gasteiger partial charge in [-0.3, -0.25) is 0 Å². The SMILES string of the molecule is COc1cccc(C[NH+](C)Cc2nc(-c3ccc(Cl)cc3)no2)c1. The Bertz CT molecular complexity index is 802. The summed E-state index contributed by atoms with van der Waals surface area (Å²) in [5.74, 6) is 2.05. The Morgan fingerprint density at radius 1 is 1.12 bits per heavy atom. The van der Waals surface area contributed by atoms with Gasteiger partial charge in [-0.2, -0.15) is 4.98 Å². The Morgan fingerprint density at radius 2 is 1.92 bits per heavy atom. The zero-order valence-corrected chi connectivity index (χ0v) is 14.4. The van der Waals surface area contributed by atoms with E-state index in [9.17, 15) is 0 Å². The van der Waals surface area contributed by atoms with Crippen LogP contribution in [0.3, 0.4) is 0 Å². The molecule has 5 nitrogen and oxygen atoms in total. The molecular weight excluding hydrogens is 326 g/mol. The van der Waals surface area contributed by atoms with E-state index in [2.05, 4.69) is 23.3 Å². The van der Waals surface area contributed by atoms with Gasteiger partial charge in [0.25, 0.3) is 5.89 Å². The highest BCUT2D eigenvalue weighted by Gasteiger charge is 2.13. The molecule has 0 saturated heterocycles. The quantitative estimate of drug-likeness (QED) is 0.747. The molecule has 124 valence electrons. The highest BCUT2D eigenvalue weighted by Crippen LogP contribution is 2.18. The second-order valence-corrected chi connectivity index (χ2v) is 6.12. The molecule has 1 heterocycles. The van der Waals surface area contributed by atoms with Crippen molar-refractivity contribution in [3.63, 3.8) is 0 Å². The Morgan fingerprint density at radius 3 is 2.67 bits per heavy atom. The molecular formula is C18H19ClN3O2+. The number of aromatic nitrogens is 2. The van der Waals surface area contributed by atoms with Crippen LogP contribution in [0.25, 0.3) is 11.4 Å². The van der Waals surface area contributed by atoms with Crippen LogP contribution in [0.2, 0.25) is 5.02 Å². The zero-order chi connectivity index (χ0) is 16.9. The van der Waals surface area contributed by atoms with Crippen LogP contribution in [-0.2, 0) is 13.1 Å². The highest BCUT2D eigenvalue weighted by molar-refractivity contribution is 6.30. The maximum Gasteiger partial charge on any atom is 0.282 e. The summed E-state index contributed by atoms with van der Waals surface area (Å²) in [7, 11) is 3.76. The number of ether oxygens (including phenoxy) is 1. The topological polar surface area (TPSA) is 52.6 Å². The number of quaternary nitrogens is 1. The van der Waals surface area contributed by atoms with Crippen LogP contribution < -0.4 is 9.64 Å². The van der Waals surface area contributed by atoms with Gasteiger partial charge in [-0.15, -0.1) is 0 Å². The summed E-state index contributed by atoms with van der Waals surface area (Å²) in [4.78, 5) is 5.70. The molecule has 1 unspecified atom stereocenters. The normalized spacial score (nSPS) is 12.1. The fraction of sp³-hybridized carbons (Fsp3) is 0.222. The van der Waals surface area contributed by atoms with Crippen molar-refractivity contribution in [1.29, 1.82) is 0 Å². The van der Waals surface area contributed by atoms with E-state index in [0.29, 0.717) is 23.3 Å². The van der Waals surface area contributed by atoms with Gasteiger partial charge in [-0.05, 0) is 36.4 Å². The minimum atomic E-state index is 0.579. The maximum atomic E-state index is 5.90. The predicted octanol–water partition coefficient (Wildman–Crippen LogP) is 2.61.